The maximum Gasteiger partial charge on any atom is 0.0888 e. The molecule has 0 aromatic carbocycles. The molecule has 0 amide bonds. The van der Waals surface area contributed by atoms with Crippen molar-refractivity contribution in [2.75, 3.05) is 34.3 Å². The predicted molar refractivity (Wildman–Crippen MR) is 65.2 cm³/mol. The van der Waals surface area contributed by atoms with E-state index >= 15 is 0 Å². The van der Waals surface area contributed by atoms with E-state index in [0.717, 1.165) is 25.4 Å². The molecule has 0 spiro atoms. The Kier molecular flexibility index (Phi) is 6.00. The van der Waals surface area contributed by atoms with Crippen molar-refractivity contribution in [1.29, 1.82) is 0 Å². The molecule has 0 fully saturated rings. The minimum Gasteiger partial charge on any atom is -0.374 e. The first-order valence-electron chi connectivity index (χ1n) is 5.53. The summed E-state index contributed by atoms with van der Waals surface area (Å²) in [6, 6.07) is 4.09. The van der Waals surface area contributed by atoms with Gasteiger partial charge in [0.1, 0.15) is 0 Å². The molecule has 1 rings (SSSR count). The van der Waals surface area contributed by atoms with Crippen molar-refractivity contribution in [2.24, 2.45) is 0 Å². The van der Waals surface area contributed by atoms with Crippen LogP contribution in [0, 0.1) is 0 Å². The summed E-state index contributed by atoms with van der Waals surface area (Å²) in [5, 5.41) is 3.09. The minimum atomic E-state index is 0.591. The molecule has 4 nitrogen and oxygen atoms in total. The molecule has 0 bridgehead atoms. The highest BCUT2D eigenvalue weighted by atomic mass is 16.5. The van der Waals surface area contributed by atoms with Gasteiger partial charge < -0.3 is 15.0 Å². The Labute approximate surface area is 97.6 Å². The molecule has 0 saturated carbocycles. The van der Waals surface area contributed by atoms with Gasteiger partial charge in [-0.05, 0) is 32.8 Å². The molecule has 16 heavy (non-hydrogen) atoms. The van der Waals surface area contributed by atoms with E-state index < -0.39 is 0 Å². The number of hydrogen-bond acceptors (Lipinski definition) is 4. The second-order valence-electron chi connectivity index (χ2n) is 4.04. The van der Waals surface area contributed by atoms with Crippen LogP contribution in [0.15, 0.2) is 18.3 Å². The fourth-order valence-electron chi connectivity index (χ4n) is 1.27. The third kappa shape index (κ3) is 5.21. The zero-order valence-corrected chi connectivity index (χ0v) is 10.4. The third-order valence-corrected chi connectivity index (χ3v) is 2.20. The van der Waals surface area contributed by atoms with E-state index in [-0.39, 0.29) is 0 Å². The lowest BCUT2D eigenvalue weighted by molar-refractivity contribution is 0.103. The molecule has 0 aliphatic heterocycles. The lowest BCUT2D eigenvalue weighted by atomic mass is 10.2. The van der Waals surface area contributed by atoms with Crippen LogP contribution in [-0.4, -0.2) is 44.2 Å². The van der Waals surface area contributed by atoms with Crippen molar-refractivity contribution < 1.29 is 4.74 Å². The Balaban J connectivity index is 2.26. The predicted octanol–water partition coefficient (Wildman–Crippen LogP) is 0.879. The first-order chi connectivity index (χ1) is 7.72. The maximum atomic E-state index is 5.51. The van der Waals surface area contributed by atoms with Gasteiger partial charge in [-0.2, -0.15) is 0 Å². The smallest absolute Gasteiger partial charge is 0.0888 e. The monoisotopic (exact) mass is 223 g/mol. The van der Waals surface area contributed by atoms with Gasteiger partial charge >= 0.3 is 0 Å². The highest BCUT2D eigenvalue weighted by Crippen LogP contribution is 2.01. The standard InChI is InChI=1S/C12H21N3O/c1-13-8-11-4-5-12(14-9-11)10-16-7-6-15(2)3/h4-5,9,13H,6-8,10H2,1-3H3. The summed E-state index contributed by atoms with van der Waals surface area (Å²) in [6.45, 7) is 3.13. The Morgan fingerprint density at radius 3 is 2.75 bits per heavy atom. The van der Waals surface area contributed by atoms with Crippen LogP contribution in [0.4, 0.5) is 0 Å². The lowest BCUT2D eigenvalue weighted by Gasteiger charge is -2.09. The molecule has 0 radical (unpaired) electrons. The van der Waals surface area contributed by atoms with E-state index in [2.05, 4.69) is 21.3 Å². The fourth-order valence-corrected chi connectivity index (χ4v) is 1.27. The van der Waals surface area contributed by atoms with E-state index in [9.17, 15) is 0 Å². The molecule has 1 N–H and O–H groups in total. The molecule has 1 heterocycles. The summed E-state index contributed by atoms with van der Waals surface area (Å²) in [5.74, 6) is 0. The number of aromatic nitrogens is 1. The van der Waals surface area contributed by atoms with Crippen LogP contribution in [0.3, 0.4) is 0 Å². The Hall–Kier alpha value is -0.970. The van der Waals surface area contributed by atoms with Crippen LogP contribution in [0.1, 0.15) is 11.3 Å². The number of likely N-dealkylation sites (N-methyl/N-ethyl adjacent to an activating group) is 1. The largest absolute Gasteiger partial charge is 0.374 e. The van der Waals surface area contributed by atoms with Gasteiger partial charge in [0.25, 0.3) is 0 Å². The Morgan fingerprint density at radius 1 is 1.38 bits per heavy atom. The number of hydrogen-bond donors (Lipinski definition) is 1. The number of nitrogens with one attached hydrogen (secondary N) is 1. The number of nitrogens with zero attached hydrogens (tertiary/aromatic N) is 2. The van der Waals surface area contributed by atoms with Crippen LogP contribution in [0.5, 0.6) is 0 Å². The van der Waals surface area contributed by atoms with Crippen LogP contribution < -0.4 is 5.32 Å². The van der Waals surface area contributed by atoms with Gasteiger partial charge in [-0.25, -0.2) is 0 Å². The average Bonchev–Trinajstić information content (AvgIpc) is 2.27. The number of rotatable bonds is 7. The highest BCUT2D eigenvalue weighted by Gasteiger charge is 1.96. The summed E-state index contributed by atoms with van der Waals surface area (Å²) in [4.78, 5) is 6.44. The molecule has 0 atom stereocenters. The molecule has 0 saturated heterocycles. The molecule has 1 aromatic rings. The topological polar surface area (TPSA) is 37.4 Å². The second kappa shape index (κ2) is 7.33. The lowest BCUT2D eigenvalue weighted by Crippen LogP contribution is -2.18. The van der Waals surface area contributed by atoms with E-state index in [0.29, 0.717) is 6.61 Å². The molecule has 90 valence electrons. The van der Waals surface area contributed by atoms with E-state index in [1.165, 1.54) is 5.56 Å². The zero-order chi connectivity index (χ0) is 11.8. The van der Waals surface area contributed by atoms with Gasteiger partial charge in [0.15, 0.2) is 0 Å². The molecule has 0 unspecified atom stereocenters. The van der Waals surface area contributed by atoms with Gasteiger partial charge in [0.2, 0.25) is 0 Å². The molecule has 4 heteroatoms. The average molecular weight is 223 g/mol. The first kappa shape index (κ1) is 13.1. The van der Waals surface area contributed by atoms with Crippen molar-refractivity contribution in [1.82, 2.24) is 15.2 Å². The molecule has 1 aromatic heterocycles. The van der Waals surface area contributed by atoms with Crippen LogP contribution in [0.2, 0.25) is 0 Å². The molecule has 0 aliphatic rings. The van der Waals surface area contributed by atoms with Crippen LogP contribution in [-0.2, 0) is 17.9 Å². The van der Waals surface area contributed by atoms with Gasteiger partial charge in [-0.1, -0.05) is 6.07 Å². The fraction of sp³-hybridized carbons (Fsp3) is 0.583. The summed E-state index contributed by atoms with van der Waals surface area (Å²) in [5.41, 5.74) is 2.18. The normalized spacial score (nSPS) is 11.0. The van der Waals surface area contributed by atoms with Crippen molar-refractivity contribution in [2.45, 2.75) is 13.2 Å². The van der Waals surface area contributed by atoms with Crippen molar-refractivity contribution in [3.05, 3.63) is 29.6 Å². The highest BCUT2D eigenvalue weighted by molar-refractivity contribution is 5.13. The molecular formula is C12H21N3O. The van der Waals surface area contributed by atoms with Gasteiger partial charge in [0, 0.05) is 19.3 Å². The van der Waals surface area contributed by atoms with Gasteiger partial charge in [0.05, 0.1) is 18.9 Å². The van der Waals surface area contributed by atoms with Crippen molar-refractivity contribution in [3.63, 3.8) is 0 Å². The Bertz CT molecular complexity index is 285. The summed E-state index contributed by atoms with van der Waals surface area (Å²) < 4.78 is 5.51. The van der Waals surface area contributed by atoms with E-state index in [1.54, 1.807) is 0 Å². The summed E-state index contributed by atoms with van der Waals surface area (Å²) in [6.07, 6.45) is 1.89. The van der Waals surface area contributed by atoms with Gasteiger partial charge in [-0.3, -0.25) is 4.98 Å². The Morgan fingerprint density at radius 2 is 2.19 bits per heavy atom. The molecule has 0 aliphatic carbocycles. The van der Waals surface area contributed by atoms with Gasteiger partial charge in [-0.15, -0.1) is 0 Å². The van der Waals surface area contributed by atoms with Crippen LogP contribution in [0.25, 0.3) is 0 Å². The molecular weight excluding hydrogens is 202 g/mol. The first-order valence-corrected chi connectivity index (χ1v) is 5.53. The van der Waals surface area contributed by atoms with Crippen molar-refractivity contribution in [3.8, 4) is 0 Å². The second-order valence-corrected chi connectivity index (χ2v) is 4.04. The van der Waals surface area contributed by atoms with Crippen molar-refractivity contribution >= 4 is 0 Å². The number of ether oxygens (including phenoxy) is 1. The zero-order valence-electron chi connectivity index (χ0n) is 10.4. The maximum absolute atomic E-state index is 5.51. The van der Waals surface area contributed by atoms with Crippen LogP contribution >= 0.6 is 0 Å². The van der Waals surface area contributed by atoms with E-state index in [1.807, 2.05) is 33.4 Å². The SMILES string of the molecule is CNCc1ccc(COCCN(C)C)nc1. The third-order valence-electron chi connectivity index (χ3n) is 2.20. The van der Waals surface area contributed by atoms with E-state index in [4.69, 9.17) is 4.74 Å². The quantitative estimate of drug-likeness (QED) is 0.696. The summed E-state index contributed by atoms with van der Waals surface area (Å²) in [7, 11) is 6.00. The minimum absolute atomic E-state index is 0.591. The number of pyridine rings is 1. The summed E-state index contributed by atoms with van der Waals surface area (Å²) >= 11 is 0.